The van der Waals surface area contributed by atoms with Crippen LogP contribution in [0, 0.1) is 5.82 Å². The van der Waals surface area contributed by atoms with Crippen molar-refractivity contribution in [3.8, 4) is 0 Å². The molecule has 2 heteroatoms. The molecule has 0 aromatic heterocycles. The monoisotopic (exact) mass is 192 g/mol. The van der Waals surface area contributed by atoms with Gasteiger partial charge in [0.15, 0.2) is 0 Å². The van der Waals surface area contributed by atoms with E-state index >= 15 is 0 Å². The standard InChI is InChI=1S/C12H13FO/c13-11-6-2-1-4-9(11)8-10-5-3-7-12(10)14/h1-2,4,6,8,12,14H,3,5,7H2/b10-8+. The summed E-state index contributed by atoms with van der Waals surface area (Å²) in [6.07, 6.45) is 4.10. The molecule has 1 saturated carbocycles. The number of benzene rings is 1. The zero-order chi connectivity index (χ0) is 9.97. The van der Waals surface area contributed by atoms with Crippen LogP contribution in [0.5, 0.6) is 0 Å². The summed E-state index contributed by atoms with van der Waals surface area (Å²) in [6, 6.07) is 6.64. The van der Waals surface area contributed by atoms with Gasteiger partial charge in [0.1, 0.15) is 5.82 Å². The Hall–Kier alpha value is -1.15. The molecular weight excluding hydrogens is 179 g/mol. The summed E-state index contributed by atoms with van der Waals surface area (Å²) in [6.45, 7) is 0. The van der Waals surface area contributed by atoms with Gasteiger partial charge < -0.3 is 5.11 Å². The minimum atomic E-state index is -0.366. The Balaban J connectivity index is 2.29. The van der Waals surface area contributed by atoms with Crippen molar-refractivity contribution in [2.45, 2.75) is 25.4 Å². The minimum Gasteiger partial charge on any atom is -0.389 e. The zero-order valence-corrected chi connectivity index (χ0v) is 7.91. The van der Waals surface area contributed by atoms with Crippen molar-refractivity contribution in [1.29, 1.82) is 0 Å². The highest BCUT2D eigenvalue weighted by molar-refractivity contribution is 5.54. The molecule has 14 heavy (non-hydrogen) atoms. The summed E-state index contributed by atoms with van der Waals surface area (Å²) >= 11 is 0. The van der Waals surface area contributed by atoms with Crippen LogP contribution in [0.25, 0.3) is 6.08 Å². The first-order valence-electron chi connectivity index (χ1n) is 4.90. The van der Waals surface area contributed by atoms with E-state index in [-0.39, 0.29) is 11.9 Å². The molecule has 1 unspecified atom stereocenters. The predicted molar refractivity (Wildman–Crippen MR) is 54.2 cm³/mol. The van der Waals surface area contributed by atoms with Crippen molar-refractivity contribution >= 4 is 6.08 Å². The first kappa shape index (κ1) is 9.41. The molecule has 1 N–H and O–H groups in total. The number of hydrogen-bond donors (Lipinski definition) is 1. The molecule has 0 heterocycles. The quantitative estimate of drug-likeness (QED) is 0.725. The Morgan fingerprint density at radius 3 is 2.79 bits per heavy atom. The summed E-state index contributed by atoms with van der Waals surface area (Å²) in [4.78, 5) is 0. The Morgan fingerprint density at radius 1 is 1.36 bits per heavy atom. The Bertz CT molecular complexity index is 357. The van der Waals surface area contributed by atoms with E-state index in [9.17, 15) is 9.50 Å². The van der Waals surface area contributed by atoms with Crippen molar-refractivity contribution in [2.24, 2.45) is 0 Å². The van der Waals surface area contributed by atoms with Crippen LogP contribution in [0.1, 0.15) is 24.8 Å². The van der Waals surface area contributed by atoms with Crippen LogP contribution >= 0.6 is 0 Å². The third-order valence-corrected chi connectivity index (χ3v) is 2.62. The van der Waals surface area contributed by atoms with Crippen LogP contribution in [-0.4, -0.2) is 11.2 Å². The fourth-order valence-electron chi connectivity index (χ4n) is 1.81. The zero-order valence-electron chi connectivity index (χ0n) is 7.91. The van der Waals surface area contributed by atoms with Gasteiger partial charge in [-0.15, -0.1) is 0 Å². The summed E-state index contributed by atoms with van der Waals surface area (Å²) < 4.78 is 13.2. The molecule has 74 valence electrons. The van der Waals surface area contributed by atoms with Crippen LogP contribution in [0.4, 0.5) is 4.39 Å². The van der Waals surface area contributed by atoms with E-state index in [0.29, 0.717) is 5.56 Å². The SMILES string of the molecule is OC1CCC/C1=C\c1ccccc1F. The molecule has 0 bridgehead atoms. The molecule has 1 aromatic carbocycles. The van der Waals surface area contributed by atoms with Crippen molar-refractivity contribution in [2.75, 3.05) is 0 Å². The molecule has 1 aliphatic carbocycles. The molecule has 2 rings (SSSR count). The lowest BCUT2D eigenvalue weighted by atomic mass is 10.1. The number of hydrogen-bond acceptors (Lipinski definition) is 1. The number of aliphatic hydroxyl groups is 1. The van der Waals surface area contributed by atoms with Crippen LogP contribution in [0.2, 0.25) is 0 Å². The second kappa shape index (κ2) is 3.93. The molecule has 1 fully saturated rings. The molecule has 1 atom stereocenters. The van der Waals surface area contributed by atoms with Gasteiger partial charge in [0.05, 0.1) is 6.10 Å². The molecule has 0 radical (unpaired) electrons. The van der Waals surface area contributed by atoms with Crippen molar-refractivity contribution < 1.29 is 9.50 Å². The minimum absolute atomic E-state index is 0.223. The Kier molecular flexibility index (Phi) is 2.64. The molecule has 0 saturated heterocycles. The van der Waals surface area contributed by atoms with Crippen molar-refractivity contribution in [1.82, 2.24) is 0 Å². The molecule has 0 amide bonds. The molecule has 0 aliphatic heterocycles. The average molecular weight is 192 g/mol. The first-order valence-corrected chi connectivity index (χ1v) is 4.90. The third kappa shape index (κ3) is 1.85. The fourth-order valence-corrected chi connectivity index (χ4v) is 1.81. The molecular formula is C12H13FO. The molecule has 0 spiro atoms. The lowest BCUT2D eigenvalue weighted by Gasteiger charge is -2.04. The van der Waals surface area contributed by atoms with Gasteiger partial charge in [-0.1, -0.05) is 24.3 Å². The summed E-state index contributed by atoms with van der Waals surface area (Å²) in [5, 5.41) is 9.55. The lowest BCUT2D eigenvalue weighted by molar-refractivity contribution is 0.219. The van der Waals surface area contributed by atoms with E-state index in [2.05, 4.69) is 0 Å². The molecule has 1 nitrogen and oxygen atoms in total. The van der Waals surface area contributed by atoms with E-state index < -0.39 is 0 Å². The van der Waals surface area contributed by atoms with Crippen LogP contribution < -0.4 is 0 Å². The second-order valence-electron chi connectivity index (χ2n) is 3.65. The highest BCUT2D eigenvalue weighted by atomic mass is 19.1. The third-order valence-electron chi connectivity index (χ3n) is 2.62. The van der Waals surface area contributed by atoms with Gasteiger partial charge in [-0.2, -0.15) is 0 Å². The Labute approximate surface area is 82.9 Å². The van der Waals surface area contributed by atoms with Gasteiger partial charge in [-0.3, -0.25) is 0 Å². The van der Waals surface area contributed by atoms with Crippen molar-refractivity contribution in [3.05, 3.63) is 41.2 Å². The Morgan fingerprint density at radius 2 is 2.14 bits per heavy atom. The highest BCUT2D eigenvalue weighted by Crippen LogP contribution is 2.27. The summed E-state index contributed by atoms with van der Waals surface area (Å²) in [7, 11) is 0. The maximum atomic E-state index is 13.2. The molecule has 1 aromatic rings. The summed E-state index contributed by atoms with van der Waals surface area (Å²) in [5.74, 6) is -0.223. The van der Waals surface area contributed by atoms with Crippen LogP contribution in [0.3, 0.4) is 0 Å². The summed E-state index contributed by atoms with van der Waals surface area (Å²) in [5.41, 5.74) is 1.53. The van der Waals surface area contributed by atoms with Crippen LogP contribution in [-0.2, 0) is 0 Å². The topological polar surface area (TPSA) is 20.2 Å². The second-order valence-corrected chi connectivity index (χ2v) is 3.65. The van der Waals surface area contributed by atoms with E-state index in [1.54, 1.807) is 24.3 Å². The van der Waals surface area contributed by atoms with E-state index in [1.165, 1.54) is 6.07 Å². The largest absolute Gasteiger partial charge is 0.389 e. The van der Waals surface area contributed by atoms with Gasteiger partial charge >= 0.3 is 0 Å². The van der Waals surface area contributed by atoms with Gasteiger partial charge in [0, 0.05) is 5.56 Å². The van der Waals surface area contributed by atoms with Gasteiger partial charge in [0.2, 0.25) is 0 Å². The van der Waals surface area contributed by atoms with Crippen molar-refractivity contribution in [3.63, 3.8) is 0 Å². The fraction of sp³-hybridized carbons (Fsp3) is 0.333. The smallest absolute Gasteiger partial charge is 0.130 e. The normalized spacial score (nSPS) is 24.4. The highest BCUT2D eigenvalue weighted by Gasteiger charge is 2.17. The first-order chi connectivity index (χ1) is 6.77. The number of rotatable bonds is 1. The average Bonchev–Trinajstić information content (AvgIpc) is 2.56. The molecule has 1 aliphatic rings. The maximum Gasteiger partial charge on any atom is 0.130 e. The number of halogens is 1. The van der Waals surface area contributed by atoms with Crippen LogP contribution in [0.15, 0.2) is 29.8 Å². The van der Waals surface area contributed by atoms with E-state index in [1.807, 2.05) is 0 Å². The maximum absolute atomic E-state index is 13.2. The van der Waals surface area contributed by atoms with E-state index in [0.717, 1.165) is 24.8 Å². The van der Waals surface area contributed by atoms with Gasteiger partial charge in [-0.05, 0) is 30.9 Å². The number of aliphatic hydroxyl groups excluding tert-OH is 1. The van der Waals surface area contributed by atoms with E-state index in [4.69, 9.17) is 0 Å². The van der Waals surface area contributed by atoms with Gasteiger partial charge in [-0.25, -0.2) is 4.39 Å². The lowest BCUT2D eigenvalue weighted by Crippen LogP contribution is -2.01. The predicted octanol–water partition coefficient (Wildman–Crippen LogP) is 2.75. The van der Waals surface area contributed by atoms with Gasteiger partial charge in [0.25, 0.3) is 0 Å².